The fourth-order valence-corrected chi connectivity index (χ4v) is 2.57. The monoisotopic (exact) mass is 354 g/mol. The fraction of sp³-hybridized carbons (Fsp3) is 0.500. The van der Waals surface area contributed by atoms with E-state index in [-0.39, 0.29) is 17.9 Å². The molecule has 1 unspecified atom stereocenters. The van der Waals surface area contributed by atoms with Gasteiger partial charge in [0.05, 0.1) is 6.42 Å². The SMILES string of the molecule is CCC(C)N(CCNC(=O)Cc1cccc(Br)c1)C(C)=O. The number of hydrogen-bond donors (Lipinski definition) is 1. The lowest BCUT2D eigenvalue weighted by atomic mass is 10.1. The smallest absolute Gasteiger partial charge is 0.224 e. The van der Waals surface area contributed by atoms with Gasteiger partial charge in [0.15, 0.2) is 0 Å². The Morgan fingerprint density at radius 1 is 1.38 bits per heavy atom. The van der Waals surface area contributed by atoms with Crippen molar-refractivity contribution >= 4 is 27.7 Å². The predicted octanol–water partition coefficient (Wildman–Crippen LogP) is 2.75. The Hall–Kier alpha value is -1.36. The molecule has 1 rings (SSSR count). The molecule has 0 aliphatic rings. The summed E-state index contributed by atoms with van der Waals surface area (Å²) in [7, 11) is 0. The Morgan fingerprint density at radius 2 is 2.10 bits per heavy atom. The van der Waals surface area contributed by atoms with Crippen molar-refractivity contribution in [2.75, 3.05) is 13.1 Å². The molecule has 0 aromatic heterocycles. The number of rotatable bonds is 7. The summed E-state index contributed by atoms with van der Waals surface area (Å²) in [5, 5.41) is 2.87. The molecule has 5 heteroatoms. The topological polar surface area (TPSA) is 49.4 Å². The number of benzene rings is 1. The van der Waals surface area contributed by atoms with Crippen molar-refractivity contribution in [2.45, 2.75) is 39.7 Å². The number of carbonyl (C=O) groups is 2. The molecule has 0 saturated carbocycles. The molecule has 2 amide bonds. The molecule has 1 aromatic carbocycles. The van der Waals surface area contributed by atoms with E-state index in [9.17, 15) is 9.59 Å². The standard InChI is InChI=1S/C16H23BrN2O2/c1-4-12(2)19(13(3)20)9-8-18-16(21)11-14-6-5-7-15(17)10-14/h5-7,10,12H,4,8-9,11H2,1-3H3,(H,18,21). The Kier molecular flexibility index (Phi) is 7.43. The first kappa shape index (κ1) is 17.7. The van der Waals surface area contributed by atoms with E-state index in [4.69, 9.17) is 0 Å². The van der Waals surface area contributed by atoms with Gasteiger partial charge in [0.1, 0.15) is 0 Å². The number of amides is 2. The van der Waals surface area contributed by atoms with E-state index >= 15 is 0 Å². The van der Waals surface area contributed by atoms with Gasteiger partial charge in [0.25, 0.3) is 0 Å². The Balaban J connectivity index is 2.40. The number of nitrogens with zero attached hydrogens (tertiary/aromatic N) is 1. The zero-order valence-corrected chi connectivity index (χ0v) is 14.4. The lowest BCUT2D eigenvalue weighted by Crippen LogP contribution is -2.42. The predicted molar refractivity (Wildman–Crippen MR) is 88.0 cm³/mol. The van der Waals surface area contributed by atoms with E-state index in [1.54, 1.807) is 11.8 Å². The van der Waals surface area contributed by atoms with Crippen LogP contribution in [-0.4, -0.2) is 35.8 Å². The van der Waals surface area contributed by atoms with Crippen LogP contribution in [0.3, 0.4) is 0 Å². The minimum absolute atomic E-state index is 0.0271. The van der Waals surface area contributed by atoms with Gasteiger partial charge in [0.2, 0.25) is 11.8 Å². The number of hydrogen-bond acceptors (Lipinski definition) is 2. The molecule has 21 heavy (non-hydrogen) atoms. The molecule has 0 spiro atoms. The summed E-state index contributed by atoms with van der Waals surface area (Å²) in [5.74, 6) is 0.0198. The van der Waals surface area contributed by atoms with Crippen LogP contribution in [0, 0.1) is 0 Å². The van der Waals surface area contributed by atoms with Gasteiger partial charge in [-0.15, -0.1) is 0 Å². The molecule has 4 nitrogen and oxygen atoms in total. The number of carbonyl (C=O) groups excluding carboxylic acids is 2. The highest BCUT2D eigenvalue weighted by molar-refractivity contribution is 9.10. The molecular weight excluding hydrogens is 332 g/mol. The van der Waals surface area contributed by atoms with Gasteiger partial charge in [-0.3, -0.25) is 9.59 Å². The van der Waals surface area contributed by atoms with Crippen LogP contribution in [0.5, 0.6) is 0 Å². The van der Waals surface area contributed by atoms with Crippen LogP contribution < -0.4 is 5.32 Å². The second-order valence-electron chi connectivity index (χ2n) is 5.13. The van der Waals surface area contributed by atoms with Crippen molar-refractivity contribution in [3.63, 3.8) is 0 Å². The summed E-state index contributed by atoms with van der Waals surface area (Å²) in [4.78, 5) is 25.2. The second kappa shape index (κ2) is 8.82. The van der Waals surface area contributed by atoms with E-state index in [0.29, 0.717) is 19.5 Å². The Labute approximate surface area is 135 Å². The summed E-state index contributed by atoms with van der Waals surface area (Å²) in [6.45, 7) is 6.66. The molecule has 0 heterocycles. The lowest BCUT2D eigenvalue weighted by molar-refractivity contribution is -0.131. The third-order valence-electron chi connectivity index (χ3n) is 3.46. The highest BCUT2D eigenvalue weighted by atomic mass is 79.9. The van der Waals surface area contributed by atoms with Gasteiger partial charge in [-0.25, -0.2) is 0 Å². The molecule has 0 aliphatic heterocycles. The molecule has 0 radical (unpaired) electrons. The van der Waals surface area contributed by atoms with Gasteiger partial charge in [-0.1, -0.05) is 35.0 Å². The quantitative estimate of drug-likeness (QED) is 0.818. The second-order valence-corrected chi connectivity index (χ2v) is 6.04. The summed E-state index contributed by atoms with van der Waals surface area (Å²) < 4.78 is 0.965. The maximum absolute atomic E-state index is 11.9. The van der Waals surface area contributed by atoms with Crippen molar-refractivity contribution in [1.82, 2.24) is 10.2 Å². The maximum atomic E-state index is 11.9. The minimum atomic E-state index is -0.0271. The van der Waals surface area contributed by atoms with Crippen LogP contribution in [0.4, 0.5) is 0 Å². The molecule has 1 N–H and O–H groups in total. The molecule has 0 aliphatic carbocycles. The van der Waals surface area contributed by atoms with E-state index in [2.05, 4.69) is 21.2 Å². The Bertz CT molecular complexity index is 491. The van der Waals surface area contributed by atoms with Crippen molar-refractivity contribution in [1.29, 1.82) is 0 Å². The van der Waals surface area contributed by atoms with E-state index < -0.39 is 0 Å². The third kappa shape index (κ3) is 6.29. The van der Waals surface area contributed by atoms with Gasteiger partial charge in [-0.05, 0) is 31.0 Å². The average molecular weight is 355 g/mol. The molecule has 0 fully saturated rings. The Morgan fingerprint density at radius 3 is 2.67 bits per heavy atom. The lowest BCUT2D eigenvalue weighted by Gasteiger charge is -2.27. The molecular formula is C16H23BrN2O2. The van der Waals surface area contributed by atoms with Crippen LogP contribution >= 0.6 is 15.9 Å². The minimum Gasteiger partial charge on any atom is -0.354 e. The van der Waals surface area contributed by atoms with E-state index in [1.165, 1.54) is 0 Å². The molecule has 1 aromatic rings. The fourth-order valence-electron chi connectivity index (χ4n) is 2.12. The van der Waals surface area contributed by atoms with Crippen LogP contribution in [0.1, 0.15) is 32.8 Å². The first-order chi connectivity index (χ1) is 9.93. The summed E-state index contributed by atoms with van der Waals surface area (Å²) in [6.07, 6.45) is 1.26. The largest absolute Gasteiger partial charge is 0.354 e. The molecule has 0 saturated heterocycles. The first-order valence-corrected chi connectivity index (χ1v) is 8.01. The van der Waals surface area contributed by atoms with Crippen LogP contribution in [0.2, 0.25) is 0 Å². The van der Waals surface area contributed by atoms with Gasteiger partial charge >= 0.3 is 0 Å². The van der Waals surface area contributed by atoms with Crippen molar-refractivity contribution in [3.05, 3.63) is 34.3 Å². The van der Waals surface area contributed by atoms with Crippen LogP contribution in [0.15, 0.2) is 28.7 Å². The maximum Gasteiger partial charge on any atom is 0.224 e. The normalized spacial score (nSPS) is 11.8. The molecule has 116 valence electrons. The third-order valence-corrected chi connectivity index (χ3v) is 3.95. The van der Waals surface area contributed by atoms with Crippen LogP contribution in [-0.2, 0) is 16.0 Å². The van der Waals surface area contributed by atoms with Crippen molar-refractivity contribution in [3.8, 4) is 0 Å². The zero-order chi connectivity index (χ0) is 15.8. The van der Waals surface area contributed by atoms with Gasteiger partial charge < -0.3 is 10.2 Å². The summed E-state index contributed by atoms with van der Waals surface area (Å²) >= 11 is 3.39. The van der Waals surface area contributed by atoms with E-state index in [1.807, 2.05) is 38.1 Å². The number of nitrogens with one attached hydrogen (secondary N) is 1. The van der Waals surface area contributed by atoms with E-state index in [0.717, 1.165) is 16.5 Å². The van der Waals surface area contributed by atoms with Crippen LogP contribution in [0.25, 0.3) is 0 Å². The zero-order valence-electron chi connectivity index (χ0n) is 12.9. The van der Waals surface area contributed by atoms with Crippen molar-refractivity contribution in [2.24, 2.45) is 0 Å². The summed E-state index contributed by atoms with van der Waals surface area (Å²) in [6, 6.07) is 7.89. The highest BCUT2D eigenvalue weighted by Crippen LogP contribution is 2.11. The van der Waals surface area contributed by atoms with Gasteiger partial charge in [0, 0.05) is 30.5 Å². The first-order valence-electron chi connectivity index (χ1n) is 7.22. The average Bonchev–Trinajstić information content (AvgIpc) is 2.42. The van der Waals surface area contributed by atoms with Gasteiger partial charge in [-0.2, -0.15) is 0 Å². The molecule has 1 atom stereocenters. The summed E-state index contributed by atoms with van der Waals surface area (Å²) in [5.41, 5.74) is 0.965. The molecule has 0 bridgehead atoms. The number of halogens is 1. The highest BCUT2D eigenvalue weighted by Gasteiger charge is 2.14. The van der Waals surface area contributed by atoms with Crippen molar-refractivity contribution < 1.29 is 9.59 Å².